The topological polar surface area (TPSA) is 91.0 Å². The summed E-state index contributed by atoms with van der Waals surface area (Å²) in [5.41, 5.74) is 5.21. The van der Waals surface area contributed by atoms with Gasteiger partial charge in [0.25, 0.3) is 0 Å². The van der Waals surface area contributed by atoms with Crippen molar-refractivity contribution in [1.82, 2.24) is 20.3 Å². The monoisotopic (exact) mass is 456 g/mol. The Morgan fingerprint density at radius 1 is 1.39 bits per heavy atom. The van der Waals surface area contributed by atoms with Gasteiger partial charge in [0.05, 0.1) is 13.4 Å². The third kappa shape index (κ3) is 7.16. The highest BCUT2D eigenvalue weighted by atomic mass is 19.1. The number of nitrogens with zero attached hydrogens (tertiary/aromatic N) is 3. The number of benzene rings is 1. The van der Waals surface area contributed by atoms with Gasteiger partial charge < -0.3 is 19.8 Å². The minimum atomic E-state index is -0.290. The van der Waals surface area contributed by atoms with Crippen LogP contribution in [-0.2, 0) is 24.2 Å². The molecule has 2 atom stereocenters. The quantitative estimate of drug-likeness (QED) is 0.289. The summed E-state index contributed by atoms with van der Waals surface area (Å²) < 4.78 is 22.1. The minimum Gasteiger partial charge on any atom is -0.608 e. The van der Waals surface area contributed by atoms with Gasteiger partial charge in [-0.3, -0.25) is 10.2 Å². The number of guanidine groups is 1. The molecular weight excluding hydrogens is 423 g/mol. The maximum absolute atomic E-state index is 14.7. The lowest BCUT2D eigenvalue weighted by atomic mass is 9.90. The standard InChI is InChI=1S/C24H33FN6O2/c1-18-7-10-23(33-3)19(15-18)8-9-21-20(5-4-6-22(21)25)16-31(32)29-24(26-2)28-12-14-30-13-11-27-17-30/h4-7,10-11,13,17-18,31H,8-9,12,14-16H2,1-3H3,(H2,26,28,29). The molecule has 1 heterocycles. The van der Waals surface area contributed by atoms with Crippen LogP contribution in [0.1, 0.15) is 30.9 Å². The second-order valence-corrected chi connectivity index (χ2v) is 8.11. The Balaban J connectivity index is 1.59. The van der Waals surface area contributed by atoms with Gasteiger partial charge in [-0.25, -0.2) is 14.8 Å². The van der Waals surface area contributed by atoms with E-state index in [2.05, 4.69) is 33.7 Å². The average molecular weight is 457 g/mol. The average Bonchev–Trinajstić information content (AvgIpc) is 3.31. The molecule has 178 valence electrons. The van der Waals surface area contributed by atoms with E-state index in [0.29, 0.717) is 48.9 Å². The molecule has 2 aromatic rings. The lowest BCUT2D eigenvalue weighted by molar-refractivity contribution is -0.899. The predicted molar refractivity (Wildman–Crippen MR) is 126 cm³/mol. The Labute approximate surface area is 194 Å². The molecule has 1 aromatic carbocycles. The summed E-state index contributed by atoms with van der Waals surface area (Å²) in [5, 5.41) is 15.5. The molecule has 0 spiro atoms. The van der Waals surface area contributed by atoms with Crippen molar-refractivity contribution in [2.75, 3.05) is 20.7 Å². The fourth-order valence-electron chi connectivity index (χ4n) is 3.94. The molecule has 33 heavy (non-hydrogen) atoms. The van der Waals surface area contributed by atoms with E-state index in [0.717, 1.165) is 12.2 Å². The zero-order valence-corrected chi connectivity index (χ0v) is 19.5. The minimum absolute atomic E-state index is 0.0712. The largest absolute Gasteiger partial charge is 0.608 e. The van der Waals surface area contributed by atoms with Crippen molar-refractivity contribution in [2.45, 2.75) is 39.3 Å². The fourth-order valence-corrected chi connectivity index (χ4v) is 3.94. The summed E-state index contributed by atoms with van der Waals surface area (Å²) in [5.74, 6) is 1.38. The highest BCUT2D eigenvalue weighted by Gasteiger charge is 2.17. The van der Waals surface area contributed by atoms with Crippen LogP contribution in [0.2, 0.25) is 0 Å². The molecule has 0 saturated carbocycles. The summed E-state index contributed by atoms with van der Waals surface area (Å²) in [6.07, 6.45) is 11.5. The zero-order valence-electron chi connectivity index (χ0n) is 19.5. The molecule has 0 aliphatic heterocycles. The van der Waals surface area contributed by atoms with Gasteiger partial charge in [-0.2, -0.15) is 0 Å². The second-order valence-electron chi connectivity index (χ2n) is 8.11. The molecule has 0 amide bonds. The molecular formula is C24H33FN6O2. The van der Waals surface area contributed by atoms with Crippen molar-refractivity contribution in [1.29, 1.82) is 0 Å². The number of aliphatic imine (C=N–C) groups is 1. The summed E-state index contributed by atoms with van der Waals surface area (Å²) in [7, 11) is 3.26. The van der Waals surface area contributed by atoms with Gasteiger partial charge in [0.1, 0.15) is 18.1 Å². The first-order valence-corrected chi connectivity index (χ1v) is 11.2. The van der Waals surface area contributed by atoms with Crippen LogP contribution in [-0.4, -0.2) is 36.2 Å². The lowest BCUT2D eigenvalue weighted by Gasteiger charge is -2.25. The number of hydrogen-bond acceptors (Lipinski definition) is 4. The first-order chi connectivity index (χ1) is 16.0. The van der Waals surface area contributed by atoms with E-state index in [9.17, 15) is 9.60 Å². The number of hydrogen-bond donors (Lipinski definition) is 3. The maximum atomic E-state index is 14.7. The highest BCUT2D eigenvalue weighted by molar-refractivity contribution is 5.78. The summed E-state index contributed by atoms with van der Waals surface area (Å²) >= 11 is 0. The molecule has 9 heteroatoms. The van der Waals surface area contributed by atoms with Crippen LogP contribution in [0.25, 0.3) is 0 Å². The first-order valence-electron chi connectivity index (χ1n) is 11.2. The van der Waals surface area contributed by atoms with Gasteiger partial charge in [-0.1, -0.05) is 25.1 Å². The summed E-state index contributed by atoms with van der Waals surface area (Å²) in [4.78, 5) is 8.10. The lowest BCUT2D eigenvalue weighted by Crippen LogP contribution is -3.14. The van der Waals surface area contributed by atoms with Gasteiger partial charge in [-0.15, -0.1) is 0 Å². The van der Waals surface area contributed by atoms with Crippen molar-refractivity contribution >= 4 is 5.96 Å². The Bertz CT molecular complexity index is 987. The number of aromatic nitrogens is 2. The van der Waals surface area contributed by atoms with Gasteiger partial charge in [0.15, 0.2) is 0 Å². The van der Waals surface area contributed by atoms with Crippen LogP contribution < -0.4 is 15.9 Å². The first kappa shape index (κ1) is 24.5. The van der Waals surface area contributed by atoms with E-state index in [4.69, 9.17) is 4.74 Å². The molecule has 0 radical (unpaired) electrons. The smallest absolute Gasteiger partial charge is 0.238 e. The summed E-state index contributed by atoms with van der Waals surface area (Å²) in [6.45, 7) is 3.49. The SMILES string of the molecule is CN=C(NCCn1ccnc1)N[NH+]([O-])Cc1cccc(F)c1CCC1=C(OC)C=CC(C)C1. The van der Waals surface area contributed by atoms with E-state index in [1.54, 1.807) is 32.7 Å². The van der Waals surface area contributed by atoms with Crippen molar-refractivity contribution in [2.24, 2.45) is 10.9 Å². The van der Waals surface area contributed by atoms with Gasteiger partial charge in [0.2, 0.25) is 5.96 Å². The molecule has 2 unspecified atom stereocenters. The van der Waals surface area contributed by atoms with Crippen LogP contribution in [0.3, 0.4) is 0 Å². The van der Waals surface area contributed by atoms with Crippen molar-refractivity contribution in [3.05, 3.63) is 82.6 Å². The molecule has 3 N–H and O–H groups in total. The number of hydroxylamine groups is 1. The van der Waals surface area contributed by atoms with Crippen molar-refractivity contribution in [3.63, 3.8) is 0 Å². The molecule has 1 aliphatic carbocycles. The Hall–Kier alpha value is -3.17. The van der Waals surface area contributed by atoms with Gasteiger partial charge >= 0.3 is 0 Å². The molecule has 0 saturated heterocycles. The molecule has 0 fully saturated rings. The van der Waals surface area contributed by atoms with Gasteiger partial charge in [-0.05, 0) is 48.5 Å². The van der Waals surface area contributed by atoms with E-state index in [1.165, 1.54) is 11.6 Å². The zero-order chi connectivity index (χ0) is 23.6. The third-order valence-corrected chi connectivity index (χ3v) is 5.66. The summed E-state index contributed by atoms with van der Waals surface area (Å²) in [6, 6.07) is 4.90. The number of quaternary nitrogens is 1. The Morgan fingerprint density at radius 2 is 2.24 bits per heavy atom. The molecule has 1 aromatic heterocycles. The van der Waals surface area contributed by atoms with E-state index >= 15 is 0 Å². The molecule has 3 rings (SSSR count). The van der Waals surface area contributed by atoms with Crippen LogP contribution in [0.4, 0.5) is 4.39 Å². The van der Waals surface area contributed by atoms with E-state index in [1.807, 2.05) is 22.9 Å². The predicted octanol–water partition coefficient (Wildman–Crippen LogP) is 2.11. The molecule has 0 bridgehead atoms. The second kappa shape index (κ2) is 12.2. The van der Waals surface area contributed by atoms with Crippen molar-refractivity contribution in [3.8, 4) is 0 Å². The van der Waals surface area contributed by atoms with Gasteiger partial charge in [0, 0.05) is 38.1 Å². The van der Waals surface area contributed by atoms with Crippen molar-refractivity contribution < 1.29 is 14.3 Å². The van der Waals surface area contributed by atoms with Crippen LogP contribution >= 0.6 is 0 Å². The Morgan fingerprint density at radius 3 is 2.97 bits per heavy atom. The third-order valence-electron chi connectivity index (χ3n) is 5.66. The van der Waals surface area contributed by atoms with Crippen LogP contribution in [0.5, 0.6) is 0 Å². The Kier molecular flexibility index (Phi) is 9.03. The molecule has 8 nitrogen and oxygen atoms in total. The number of rotatable bonds is 10. The van der Waals surface area contributed by atoms with E-state index in [-0.39, 0.29) is 17.5 Å². The number of allylic oxidation sites excluding steroid dienone is 3. The molecule has 1 aliphatic rings. The van der Waals surface area contributed by atoms with E-state index < -0.39 is 0 Å². The number of imidazole rings is 1. The maximum Gasteiger partial charge on any atom is 0.238 e. The number of ether oxygens (including phenoxy) is 1. The number of methoxy groups -OCH3 is 1. The fraction of sp³-hybridized carbons (Fsp3) is 0.417. The number of halogens is 1. The normalized spacial score (nSPS) is 17.2. The van der Waals surface area contributed by atoms with Crippen LogP contribution in [0.15, 0.2) is 65.4 Å². The van der Waals surface area contributed by atoms with Crippen LogP contribution in [0, 0.1) is 16.9 Å². The number of nitrogens with one attached hydrogen (secondary N) is 3. The highest BCUT2D eigenvalue weighted by Crippen LogP contribution is 2.28.